The third kappa shape index (κ3) is 2.40. The Bertz CT molecular complexity index is 263. The molecule has 0 aliphatic carbocycles. The molecule has 0 aromatic heterocycles. The molecule has 0 fully saturated rings. The zero-order valence-corrected chi connectivity index (χ0v) is 7.73. The van der Waals surface area contributed by atoms with Crippen LogP contribution in [0.25, 0.3) is 0 Å². The first-order valence-corrected chi connectivity index (χ1v) is 4.22. The quantitative estimate of drug-likeness (QED) is 0.756. The summed E-state index contributed by atoms with van der Waals surface area (Å²) in [6.07, 6.45) is 0. The summed E-state index contributed by atoms with van der Waals surface area (Å²) in [6, 6.07) is 5.65. The van der Waals surface area contributed by atoms with E-state index < -0.39 is 0 Å². The van der Waals surface area contributed by atoms with Crippen LogP contribution in [-0.4, -0.2) is 18.3 Å². The van der Waals surface area contributed by atoms with Gasteiger partial charge in [-0.05, 0) is 24.6 Å². The van der Waals surface area contributed by atoms with Gasteiger partial charge in [-0.25, -0.2) is 0 Å². The highest BCUT2D eigenvalue weighted by molar-refractivity contribution is 6.30. The first-order chi connectivity index (χ1) is 5.74. The molecular formula is C9H12ClNO. The van der Waals surface area contributed by atoms with Crippen LogP contribution in [0.1, 0.15) is 5.56 Å². The van der Waals surface area contributed by atoms with Crippen molar-refractivity contribution in [3.05, 3.63) is 28.8 Å². The van der Waals surface area contributed by atoms with E-state index in [2.05, 4.69) is 5.32 Å². The fourth-order valence-electron chi connectivity index (χ4n) is 0.975. The number of rotatable bonds is 3. The number of aliphatic hydroxyl groups is 1. The number of hydrogen-bond donors (Lipinski definition) is 2. The lowest BCUT2D eigenvalue weighted by Crippen LogP contribution is -2.06. The van der Waals surface area contributed by atoms with Crippen molar-refractivity contribution in [3.8, 4) is 0 Å². The molecule has 0 bridgehead atoms. The van der Waals surface area contributed by atoms with Crippen molar-refractivity contribution < 1.29 is 5.11 Å². The number of nitrogens with one attached hydrogen (secondary N) is 1. The van der Waals surface area contributed by atoms with Gasteiger partial charge in [-0.3, -0.25) is 0 Å². The summed E-state index contributed by atoms with van der Waals surface area (Å²) in [5.74, 6) is 0. The molecule has 0 heterocycles. The van der Waals surface area contributed by atoms with Crippen molar-refractivity contribution in [2.24, 2.45) is 0 Å². The van der Waals surface area contributed by atoms with Crippen LogP contribution in [-0.2, 0) is 0 Å². The van der Waals surface area contributed by atoms with Crippen molar-refractivity contribution in [1.82, 2.24) is 0 Å². The summed E-state index contributed by atoms with van der Waals surface area (Å²) in [4.78, 5) is 0. The minimum atomic E-state index is 0.131. The number of halogens is 1. The van der Waals surface area contributed by atoms with Crippen LogP contribution in [0.5, 0.6) is 0 Å². The molecule has 0 unspecified atom stereocenters. The first kappa shape index (κ1) is 9.36. The van der Waals surface area contributed by atoms with E-state index >= 15 is 0 Å². The minimum Gasteiger partial charge on any atom is -0.395 e. The number of aliphatic hydroxyl groups excluding tert-OH is 1. The maximum Gasteiger partial charge on any atom is 0.0604 e. The van der Waals surface area contributed by atoms with E-state index in [1.165, 1.54) is 0 Å². The number of benzene rings is 1. The number of anilines is 1. The van der Waals surface area contributed by atoms with Gasteiger partial charge in [0.1, 0.15) is 0 Å². The summed E-state index contributed by atoms with van der Waals surface area (Å²) < 4.78 is 0. The van der Waals surface area contributed by atoms with Crippen molar-refractivity contribution in [1.29, 1.82) is 0 Å². The molecule has 0 spiro atoms. The highest BCUT2D eigenvalue weighted by atomic mass is 35.5. The second-order valence-electron chi connectivity index (χ2n) is 2.61. The molecule has 0 saturated heterocycles. The Labute approximate surface area is 77.2 Å². The largest absolute Gasteiger partial charge is 0.395 e. The Balaban J connectivity index is 2.75. The molecule has 0 atom stereocenters. The normalized spacial score (nSPS) is 9.92. The first-order valence-electron chi connectivity index (χ1n) is 3.85. The van der Waals surface area contributed by atoms with Gasteiger partial charge in [0, 0.05) is 17.3 Å². The van der Waals surface area contributed by atoms with E-state index in [4.69, 9.17) is 16.7 Å². The molecule has 66 valence electrons. The monoisotopic (exact) mass is 185 g/mol. The van der Waals surface area contributed by atoms with E-state index in [-0.39, 0.29) is 6.61 Å². The van der Waals surface area contributed by atoms with Crippen LogP contribution in [0.3, 0.4) is 0 Å². The second-order valence-corrected chi connectivity index (χ2v) is 3.05. The molecule has 0 aliphatic rings. The molecule has 2 N–H and O–H groups in total. The van der Waals surface area contributed by atoms with E-state index in [0.717, 1.165) is 11.3 Å². The number of aryl methyl sites for hydroxylation is 1. The van der Waals surface area contributed by atoms with E-state index in [9.17, 15) is 0 Å². The SMILES string of the molecule is Cc1ccc(Cl)cc1NCCO. The van der Waals surface area contributed by atoms with Crippen LogP contribution in [0.2, 0.25) is 5.02 Å². The van der Waals surface area contributed by atoms with Gasteiger partial charge in [-0.2, -0.15) is 0 Å². The van der Waals surface area contributed by atoms with E-state index in [1.807, 2.05) is 25.1 Å². The van der Waals surface area contributed by atoms with Gasteiger partial charge in [0.05, 0.1) is 6.61 Å². The summed E-state index contributed by atoms with van der Waals surface area (Å²) in [5, 5.41) is 12.4. The standard InChI is InChI=1S/C9H12ClNO/c1-7-2-3-8(10)6-9(7)11-4-5-12/h2-3,6,11-12H,4-5H2,1H3. The molecule has 0 aliphatic heterocycles. The molecular weight excluding hydrogens is 174 g/mol. The molecule has 3 heteroatoms. The van der Waals surface area contributed by atoms with E-state index in [0.29, 0.717) is 11.6 Å². The Morgan fingerprint density at radius 3 is 2.92 bits per heavy atom. The van der Waals surface area contributed by atoms with Crippen molar-refractivity contribution >= 4 is 17.3 Å². The maximum absolute atomic E-state index is 8.59. The van der Waals surface area contributed by atoms with Gasteiger partial charge >= 0.3 is 0 Å². The van der Waals surface area contributed by atoms with Gasteiger partial charge in [-0.1, -0.05) is 17.7 Å². The van der Waals surface area contributed by atoms with Crippen molar-refractivity contribution in [2.45, 2.75) is 6.92 Å². The van der Waals surface area contributed by atoms with Crippen LogP contribution >= 0.6 is 11.6 Å². The third-order valence-electron chi connectivity index (χ3n) is 1.63. The van der Waals surface area contributed by atoms with Gasteiger partial charge in [0.2, 0.25) is 0 Å². The molecule has 0 amide bonds. The van der Waals surface area contributed by atoms with Crippen LogP contribution in [0.4, 0.5) is 5.69 Å². The zero-order chi connectivity index (χ0) is 8.97. The summed E-state index contributed by atoms with van der Waals surface area (Å²) in [6.45, 7) is 2.68. The Kier molecular flexibility index (Phi) is 3.38. The molecule has 1 aromatic rings. The van der Waals surface area contributed by atoms with E-state index in [1.54, 1.807) is 0 Å². The lowest BCUT2D eigenvalue weighted by Gasteiger charge is -2.07. The molecule has 1 aromatic carbocycles. The van der Waals surface area contributed by atoms with Gasteiger partial charge in [0.25, 0.3) is 0 Å². The second kappa shape index (κ2) is 4.33. The molecule has 12 heavy (non-hydrogen) atoms. The highest BCUT2D eigenvalue weighted by Crippen LogP contribution is 2.19. The van der Waals surface area contributed by atoms with Crippen molar-refractivity contribution in [3.63, 3.8) is 0 Å². The summed E-state index contributed by atoms with van der Waals surface area (Å²) in [7, 11) is 0. The maximum atomic E-state index is 8.59. The van der Waals surface area contributed by atoms with Crippen LogP contribution in [0.15, 0.2) is 18.2 Å². The Morgan fingerprint density at radius 1 is 1.50 bits per heavy atom. The smallest absolute Gasteiger partial charge is 0.0604 e. The summed E-state index contributed by atoms with van der Waals surface area (Å²) >= 11 is 5.79. The Hall–Kier alpha value is -0.730. The molecule has 2 nitrogen and oxygen atoms in total. The third-order valence-corrected chi connectivity index (χ3v) is 1.86. The fourth-order valence-corrected chi connectivity index (χ4v) is 1.15. The molecule has 0 radical (unpaired) electrons. The average Bonchev–Trinajstić information content (AvgIpc) is 2.07. The van der Waals surface area contributed by atoms with Gasteiger partial charge in [-0.15, -0.1) is 0 Å². The lowest BCUT2D eigenvalue weighted by atomic mass is 10.2. The number of hydrogen-bond acceptors (Lipinski definition) is 2. The fraction of sp³-hybridized carbons (Fsp3) is 0.333. The average molecular weight is 186 g/mol. The molecule has 1 rings (SSSR count). The highest BCUT2D eigenvalue weighted by Gasteiger charge is 1.96. The van der Waals surface area contributed by atoms with Crippen LogP contribution in [0, 0.1) is 6.92 Å². The zero-order valence-electron chi connectivity index (χ0n) is 6.97. The van der Waals surface area contributed by atoms with Gasteiger partial charge < -0.3 is 10.4 Å². The molecule has 0 saturated carbocycles. The minimum absolute atomic E-state index is 0.131. The van der Waals surface area contributed by atoms with Gasteiger partial charge in [0.15, 0.2) is 0 Å². The lowest BCUT2D eigenvalue weighted by molar-refractivity contribution is 0.311. The Morgan fingerprint density at radius 2 is 2.25 bits per heavy atom. The van der Waals surface area contributed by atoms with Crippen molar-refractivity contribution in [2.75, 3.05) is 18.5 Å². The summed E-state index contributed by atoms with van der Waals surface area (Å²) in [5.41, 5.74) is 2.12. The topological polar surface area (TPSA) is 32.3 Å². The predicted octanol–water partition coefficient (Wildman–Crippen LogP) is 2.05. The van der Waals surface area contributed by atoms with Crippen LogP contribution < -0.4 is 5.32 Å². The predicted molar refractivity (Wildman–Crippen MR) is 51.8 cm³/mol.